The van der Waals surface area contributed by atoms with Crippen LogP contribution in [0.15, 0.2) is 18.3 Å². The molecular formula is C15H24N2O. The van der Waals surface area contributed by atoms with Crippen LogP contribution in [-0.4, -0.2) is 10.9 Å². The Bertz CT molecular complexity index is 363. The fraction of sp³-hybridized carbons (Fsp3) is 0.600. The summed E-state index contributed by atoms with van der Waals surface area (Å²) in [4.78, 5) is 15.8. The van der Waals surface area contributed by atoms with Gasteiger partial charge in [-0.3, -0.25) is 4.79 Å². The molecule has 0 saturated heterocycles. The van der Waals surface area contributed by atoms with Crippen molar-refractivity contribution < 1.29 is 4.79 Å². The summed E-state index contributed by atoms with van der Waals surface area (Å²) in [6, 6.07) is 3.81. The van der Waals surface area contributed by atoms with Gasteiger partial charge in [0, 0.05) is 12.6 Å². The van der Waals surface area contributed by atoms with Gasteiger partial charge in [0.05, 0.1) is 0 Å². The van der Waals surface area contributed by atoms with Crippen molar-refractivity contribution in [3.63, 3.8) is 0 Å². The molecule has 0 aliphatic heterocycles. The minimum absolute atomic E-state index is 0.0728. The maximum absolute atomic E-state index is 11.7. The van der Waals surface area contributed by atoms with Crippen LogP contribution >= 0.6 is 0 Å². The van der Waals surface area contributed by atoms with Crippen molar-refractivity contribution >= 4 is 11.7 Å². The second-order valence-corrected chi connectivity index (χ2v) is 4.78. The summed E-state index contributed by atoms with van der Waals surface area (Å²) in [6.45, 7) is 4.20. The number of hydrogen-bond acceptors (Lipinski definition) is 2. The molecule has 0 aliphatic rings. The van der Waals surface area contributed by atoms with Crippen LogP contribution in [0.1, 0.15) is 57.4 Å². The van der Waals surface area contributed by atoms with Gasteiger partial charge >= 0.3 is 0 Å². The molecule has 0 aliphatic carbocycles. The van der Waals surface area contributed by atoms with Gasteiger partial charge in [-0.15, -0.1) is 0 Å². The molecule has 1 aromatic rings. The zero-order chi connectivity index (χ0) is 13.2. The lowest BCUT2D eigenvalue weighted by molar-refractivity contribution is -0.116. The highest BCUT2D eigenvalue weighted by molar-refractivity contribution is 5.89. The molecule has 0 spiro atoms. The van der Waals surface area contributed by atoms with Gasteiger partial charge < -0.3 is 5.32 Å². The summed E-state index contributed by atoms with van der Waals surface area (Å²) >= 11 is 0. The van der Waals surface area contributed by atoms with E-state index in [0.29, 0.717) is 12.2 Å². The van der Waals surface area contributed by atoms with Crippen LogP contribution in [0, 0.1) is 6.92 Å². The van der Waals surface area contributed by atoms with Crippen LogP contribution in [0.3, 0.4) is 0 Å². The Morgan fingerprint density at radius 1 is 1.22 bits per heavy atom. The summed E-state index contributed by atoms with van der Waals surface area (Å²) in [7, 11) is 0. The molecule has 0 radical (unpaired) electrons. The van der Waals surface area contributed by atoms with Crippen molar-refractivity contribution in [2.45, 2.75) is 58.8 Å². The fourth-order valence-electron chi connectivity index (χ4n) is 1.88. The summed E-state index contributed by atoms with van der Waals surface area (Å²) in [6.07, 6.45) is 9.54. The third kappa shape index (κ3) is 6.38. The van der Waals surface area contributed by atoms with Gasteiger partial charge in [0.25, 0.3) is 0 Å². The molecule has 1 heterocycles. The molecule has 0 fully saturated rings. The van der Waals surface area contributed by atoms with Crippen molar-refractivity contribution in [2.24, 2.45) is 0 Å². The van der Waals surface area contributed by atoms with Crippen LogP contribution < -0.4 is 5.32 Å². The van der Waals surface area contributed by atoms with Crippen molar-refractivity contribution in [1.29, 1.82) is 0 Å². The summed E-state index contributed by atoms with van der Waals surface area (Å²) in [5, 5.41) is 2.83. The van der Waals surface area contributed by atoms with Gasteiger partial charge in [0.2, 0.25) is 5.91 Å². The smallest absolute Gasteiger partial charge is 0.225 e. The van der Waals surface area contributed by atoms with Gasteiger partial charge in [-0.1, -0.05) is 39.0 Å². The highest BCUT2D eigenvalue weighted by Gasteiger charge is 2.02. The molecule has 0 aromatic carbocycles. The van der Waals surface area contributed by atoms with E-state index in [1.54, 1.807) is 6.20 Å². The van der Waals surface area contributed by atoms with Gasteiger partial charge in [0.15, 0.2) is 0 Å². The van der Waals surface area contributed by atoms with E-state index >= 15 is 0 Å². The number of unbranched alkanes of at least 4 members (excludes halogenated alkanes) is 5. The number of amides is 1. The molecule has 1 rings (SSSR count). The zero-order valence-electron chi connectivity index (χ0n) is 11.5. The van der Waals surface area contributed by atoms with E-state index in [-0.39, 0.29) is 5.91 Å². The van der Waals surface area contributed by atoms with Crippen molar-refractivity contribution in [3.8, 4) is 0 Å². The topological polar surface area (TPSA) is 42.0 Å². The van der Waals surface area contributed by atoms with E-state index in [4.69, 9.17) is 0 Å². The van der Waals surface area contributed by atoms with Gasteiger partial charge in [-0.05, 0) is 31.0 Å². The molecule has 0 bridgehead atoms. The first-order valence-corrected chi connectivity index (χ1v) is 6.95. The largest absolute Gasteiger partial charge is 0.311 e. The number of aryl methyl sites for hydroxylation is 1. The normalized spacial score (nSPS) is 10.3. The molecule has 3 heteroatoms. The van der Waals surface area contributed by atoms with E-state index in [1.165, 1.54) is 25.7 Å². The summed E-state index contributed by atoms with van der Waals surface area (Å²) in [5.41, 5.74) is 1.11. The fourth-order valence-corrected chi connectivity index (χ4v) is 1.88. The van der Waals surface area contributed by atoms with Crippen molar-refractivity contribution in [1.82, 2.24) is 4.98 Å². The van der Waals surface area contributed by atoms with Crippen LogP contribution in [0.4, 0.5) is 5.82 Å². The molecule has 0 unspecified atom stereocenters. The maximum Gasteiger partial charge on any atom is 0.225 e. The molecule has 0 saturated carbocycles. The molecule has 0 atom stereocenters. The van der Waals surface area contributed by atoms with Gasteiger partial charge in [0.1, 0.15) is 5.82 Å². The number of rotatable bonds is 8. The number of nitrogens with one attached hydrogen (secondary N) is 1. The Kier molecular flexibility index (Phi) is 7.07. The maximum atomic E-state index is 11.7. The van der Waals surface area contributed by atoms with Crippen LogP contribution in [0.2, 0.25) is 0 Å². The number of anilines is 1. The number of aromatic nitrogens is 1. The number of carbonyl (C=O) groups is 1. The van der Waals surface area contributed by atoms with Crippen LogP contribution in [0.25, 0.3) is 0 Å². The summed E-state index contributed by atoms with van der Waals surface area (Å²) < 4.78 is 0. The average Bonchev–Trinajstić information content (AvgIpc) is 2.33. The minimum Gasteiger partial charge on any atom is -0.311 e. The second-order valence-electron chi connectivity index (χ2n) is 4.78. The Labute approximate surface area is 110 Å². The van der Waals surface area contributed by atoms with Crippen LogP contribution in [0.5, 0.6) is 0 Å². The van der Waals surface area contributed by atoms with Gasteiger partial charge in [-0.2, -0.15) is 0 Å². The molecule has 100 valence electrons. The Morgan fingerprint density at radius 3 is 2.67 bits per heavy atom. The first kappa shape index (κ1) is 14.7. The van der Waals surface area contributed by atoms with E-state index < -0.39 is 0 Å². The van der Waals surface area contributed by atoms with Crippen LogP contribution in [-0.2, 0) is 4.79 Å². The number of hydrogen-bond donors (Lipinski definition) is 1. The molecule has 1 N–H and O–H groups in total. The van der Waals surface area contributed by atoms with E-state index in [0.717, 1.165) is 18.4 Å². The summed E-state index contributed by atoms with van der Waals surface area (Å²) in [5.74, 6) is 0.731. The third-order valence-electron chi connectivity index (χ3n) is 2.94. The second kappa shape index (κ2) is 8.67. The molecule has 3 nitrogen and oxygen atoms in total. The molecule has 1 amide bonds. The van der Waals surface area contributed by atoms with Crippen molar-refractivity contribution in [2.75, 3.05) is 5.32 Å². The monoisotopic (exact) mass is 248 g/mol. The quantitative estimate of drug-likeness (QED) is 0.704. The highest BCUT2D eigenvalue weighted by Crippen LogP contribution is 2.09. The minimum atomic E-state index is 0.0728. The molecule has 1 aromatic heterocycles. The number of pyridine rings is 1. The predicted octanol–water partition coefficient (Wildman–Crippen LogP) is 4.08. The van der Waals surface area contributed by atoms with Crippen molar-refractivity contribution in [3.05, 3.63) is 23.9 Å². The molecular weight excluding hydrogens is 224 g/mol. The standard InChI is InChI=1S/C15H24N2O/c1-3-4-5-6-7-8-9-15(18)17-14-12-13(2)10-11-16-14/h10-12H,3-9H2,1-2H3,(H,16,17,18). The first-order valence-electron chi connectivity index (χ1n) is 6.95. The number of carbonyl (C=O) groups excluding carboxylic acids is 1. The zero-order valence-corrected chi connectivity index (χ0v) is 11.5. The average molecular weight is 248 g/mol. The van der Waals surface area contributed by atoms with Gasteiger partial charge in [-0.25, -0.2) is 4.98 Å². The lowest BCUT2D eigenvalue weighted by atomic mass is 10.1. The third-order valence-corrected chi connectivity index (χ3v) is 2.94. The number of nitrogens with zero attached hydrogens (tertiary/aromatic N) is 1. The Hall–Kier alpha value is -1.38. The van der Waals surface area contributed by atoms with E-state index in [1.807, 2.05) is 19.1 Å². The Balaban J connectivity index is 2.14. The van der Waals surface area contributed by atoms with E-state index in [2.05, 4.69) is 17.2 Å². The lowest BCUT2D eigenvalue weighted by Crippen LogP contribution is -2.12. The lowest BCUT2D eigenvalue weighted by Gasteiger charge is -2.05. The SMILES string of the molecule is CCCCCCCCC(=O)Nc1cc(C)ccn1. The molecule has 18 heavy (non-hydrogen) atoms. The highest BCUT2D eigenvalue weighted by atomic mass is 16.1. The Morgan fingerprint density at radius 2 is 1.94 bits per heavy atom. The predicted molar refractivity (Wildman–Crippen MR) is 75.6 cm³/mol. The first-order chi connectivity index (χ1) is 8.72. The van der Waals surface area contributed by atoms with E-state index in [9.17, 15) is 4.79 Å².